The predicted octanol–water partition coefficient (Wildman–Crippen LogP) is 11.0. The molecule has 2 atom stereocenters. The third-order valence-corrected chi connectivity index (χ3v) is 18.9. The fourth-order valence-corrected chi connectivity index (χ4v) is 14.0. The summed E-state index contributed by atoms with van der Waals surface area (Å²) in [6.07, 6.45) is 14.1. The fraction of sp³-hybridized carbons (Fsp3) is 0.544. The minimum Gasteiger partial charge on any atom is -0.489 e. The maximum atomic E-state index is 14.5. The van der Waals surface area contributed by atoms with E-state index < -0.39 is 31.4 Å². The molecular formula is C57H72N8O8S. The highest BCUT2D eigenvalue weighted by Crippen LogP contribution is 2.55. The van der Waals surface area contributed by atoms with Crippen molar-refractivity contribution in [1.82, 2.24) is 24.5 Å². The second-order valence-electron chi connectivity index (χ2n) is 23.4. The van der Waals surface area contributed by atoms with E-state index in [2.05, 4.69) is 88.7 Å². The van der Waals surface area contributed by atoms with Crippen molar-refractivity contribution in [2.24, 2.45) is 16.7 Å². The van der Waals surface area contributed by atoms with Crippen molar-refractivity contribution in [3.63, 3.8) is 0 Å². The number of nitrogens with one attached hydrogen (secondary N) is 3. The largest absolute Gasteiger partial charge is 0.489 e. The fourth-order valence-electron chi connectivity index (χ4n) is 13.0. The number of nitrogens with zero attached hydrogens (tertiary/aromatic N) is 5. The number of nitro benzene ring substituents is 1. The maximum Gasteiger partial charge on any atom is 0.297 e. The summed E-state index contributed by atoms with van der Waals surface area (Å²) in [5.74, 6) is 0.485. The summed E-state index contributed by atoms with van der Waals surface area (Å²) in [6, 6.07) is 21.1. The summed E-state index contributed by atoms with van der Waals surface area (Å²) in [6.45, 7) is 13.8. The quantitative estimate of drug-likeness (QED) is 0.0748. The molecule has 0 radical (unpaired) electrons. The highest BCUT2D eigenvalue weighted by molar-refractivity contribution is 7.90. The van der Waals surface area contributed by atoms with Gasteiger partial charge in [-0.05, 0) is 149 Å². The SMILES string of the molecule is CC(C)c1ccccc1[C@@H]1CCCN1C1CC2(CCN(c3ccc(C(=O)NS(=O)(=O)c4cc5c(c([N+](=O)[O-])c4)N[C@@H](C4CCC(C)(C)CC4)CO5)c(Oc4cc5cc[nH]c5nc4OC4CCN(C)CC4)c3)CC2)C1. The topological polar surface area (TPSA) is 184 Å². The highest BCUT2D eigenvalue weighted by Gasteiger charge is 2.50. The van der Waals surface area contributed by atoms with E-state index in [9.17, 15) is 23.3 Å². The van der Waals surface area contributed by atoms with Gasteiger partial charge in [-0.25, -0.2) is 13.1 Å². The number of aromatic nitrogens is 2. The number of aromatic amines is 1. The van der Waals surface area contributed by atoms with E-state index in [1.54, 1.807) is 18.3 Å². The number of amides is 1. The Balaban J connectivity index is 0.847. The third-order valence-electron chi connectivity index (χ3n) is 17.6. The van der Waals surface area contributed by atoms with Gasteiger partial charge in [0.1, 0.15) is 24.1 Å². The van der Waals surface area contributed by atoms with E-state index in [4.69, 9.17) is 19.2 Å². The number of nitro groups is 1. The number of fused-ring (bicyclic) bond motifs is 2. The van der Waals surface area contributed by atoms with Gasteiger partial charge >= 0.3 is 0 Å². The molecule has 16 nitrogen and oxygen atoms in total. The summed E-state index contributed by atoms with van der Waals surface area (Å²) in [5.41, 5.74) is 4.59. The lowest BCUT2D eigenvalue weighted by Gasteiger charge is -2.56. The second kappa shape index (κ2) is 20.0. The molecule has 4 aliphatic heterocycles. The smallest absolute Gasteiger partial charge is 0.297 e. The van der Waals surface area contributed by atoms with Gasteiger partial charge in [0.2, 0.25) is 0 Å². The molecule has 5 aromatic rings. The molecule has 74 heavy (non-hydrogen) atoms. The lowest BCUT2D eigenvalue weighted by atomic mass is 9.59. The Kier molecular flexibility index (Phi) is 13.6. The van der Waals surface area contributed by atoms with Gasteiger partial charge in [-0.1, -0.05) is 52.0 Å². The van der Waals surface area contributed by atoms with Gasteiger partial charge in [-0.15, -0.1) is 0 Å². The number of piperidine rings is 2. The average molecular weight is 1030 g/mol. The number of pyridine rings is 1. The molecule has 2 saturated carbocycles. The summed E-state index contributed by atoms with van der Waals surface area (Å²) in [4.78, 5) is 41.4. The Hall–Kier alpha value is -5.91. The molecule has 5 fully saturated rings. The van der Waals surface area contributed by atoms with E-state index in [0.29, 0.717) is 23.6 Å². The van der Waals surface area contributed by atoms with Gasteiger partial charge in [-0.2, -0.15) is 4.98 Å². The number of benzene rings is 3. The standard InChI is InChI=1S/C57H72N8O8S/c1-36(2)43-9-6-7-10-44(43)47-11-8-24-64(47)40-33-57(34-40)21-27-63(28-22-57)39-12-13-45(49(30-39)73-51-29-38-16-23-58-53(38)60-55(51)72-41-17-25-62(5)26-18-41)54(66)61-74(69,70)42-31-48(65(67)68)52-50(32-42)71-35-46(59-52)37-14-19-56(3,4)20-15-37/h6-7,9-10,12-13,16,23,29-32,36-37,40-41,46-47,59H,8,11,14-15,17-22,24-28,33-35H2,1-5H3,(H,58,60)(H,61,66)/t46-,47+/m1/s1. The zero-order valence-electron chi connectivity index (χ0n) is 43.5. The van der Waals surface area contributed by atoms with Crippen LogP contribution in [0.4, 0.5) is 17.1 Å². The lowest BCUT2D eigenvalue weighted by Crippen LogP contribution is -2.54. The van der Waals surface area contributed by atoms with Crippen LogP contribution in [0.2, 0.25) is 0 Å². The van der Waals surface area contributed by atoms with Crippen LogP contribution in [0.15, 0.2) is 77.8 Å². The molecule has 3 N–H and O–H groups in total. The first-order chi connectivity index (χ1) is 35.5. The third kappa shape index (κ3) is 10.2. The normalized spacial score (nSPS) is 22.8. The molecule has 2 aromatic heterocycles. The molecule has 6 aliphatic rings. The molecule has 11 rings (SSSR count). The van der Waals surface area contributed by atoms with Crippen molar-refractivity contribution in [1.29, 1.82) is 0 Å². The number of sulfonamides is 1. The number of anilines is 2. The van der Waals surface area contributed by atoms with Crippen molar-refractivity contribution in [3.05, 3.63) is 99.7 Å². The molecule has 2 aliphatic carbocycles. The number of H-pyrrole nitrogens is 1. The van der Waals surface area contributed by atoms with Crippen LogP contribution < -0.4 is 29.1 Å². The second-order valence-corrected chi connectivity index (χ2v) is 25.1. The first-order valence-electron chi connectivity index (χ1n) is 27.0. The van der Waals surface area contributed by atoms with E-state index >= 15 is 0 Å². The van der Waals surface area contributed by atoms with Crippen LogP contribution in [0.1, 0.15) is 138 Å². The van der Waals surface area contributed by atoms with Gasteiger partial charge in [-0.3, -0.25) is 19.8 Å². The summed E-state index contributed by atoms with van der Waals surface area (Å²) < 4.78 is 50.2. The van der Waals surface area contributed by atoms with Crippen LogP contribution >= 0.6 is 0 Å². The van der Waals surface area contributed by atoms with E-state index in [1.807, 2.05) is 18.2 Å². The molecular weight excluding hydrogens is 957 g/mol. The van der Waals surface area contributed by atoms with Crippen LogP contribution in [0.3, 0.4) is 0 Å². The molecule has 17 heteroatoms. The minimum atomic E-state index is -4.69. The lowest BCUT2D eigenvalue weighted by molar-refractivity contribution is -0.384. The summed E-state index contributed by atoms with van der Waals surface area (Å²) in [5, 5.41) is 16.7. The zero-order valence-corrected chi connectivity index (χ0v) is 44.3. The number of hydrogen-bond donors (Lipinski definition) is 3. The van der Waals surface area contributed by atoms with Crippen molar-refractivity contribution in [2.45, 2.75) is 140 Å². The number of carbonyl (C=O) groups excluding carboxylic acids is 1. The van der Waals surface area contributed by atoms with Gasteiger partial charge < -0.3 is 34.3 Å². The first-order valence-corrected chi connectivity index (χ1v) is 28.5. The van der Waals surface area contributed by atoms with Gasteiger partial charge in [0.25, 0.3) is 27.5 Å². The van der Waals surface area contributed by atoms with Gasteiger partial charge in [0.15, 0.2) is 17.2 Å². The summed E-state index contributed by atoms with van der Waals surface area (Å²) >= 11 is 0. The average Bonchev–Trinajstić information content (AvgIpc) is 4.06. The molecule has 1 spiro atoms. The van der Waals surface area contributed by atoms with Crippen LogP contribution in [-0.4, -0.2) is 104 Å². The Morgan fingerprint density at radius 2 is 1.68 bits per heavy atom. The zero-order chi connectivity index (χ0) is 51.5. The van der Waals surface area contributed by atoms with Crippen molar-refractivity contribution in [2.75, 3.05) is 56.6 Å². The Labute approximate surface area is 435 Å². The molecule has 3 saturated heterocycles. The number of carbonyl (C=O) groups is 1. The van der Waals surface area contributed by atoms with Crippen LogP contribution in [0.25, 0.3) is 11.0 Å². The van der Waals surface area contributed by atoms with Crippen LogP contribution in [0, 0.1) is 26.9 Å². The molecule has 6 heterocycles. The minimum absolute atomic E-state index is 0.0462. The van der Waals surface area contributed by atoms with Gasteiger partial charge in [0.05, 0.1) is 21.4 Å². The summed E-state index contributed by atoms with van der Waals surface area (Å²) in [7, 11) is -2.60. The van der Waals surface area contributed by atoms with Crippen molar-refractivity contribution in [3.8, 4) is 23.1 Å². The van der Waals surface area contributed by atoms with E-state index in [-0.39, 0.29) is 69.9 Å². The first kappa shape index (κ1) is 50.3. The molecule has 0 bridgehead atoms. The number of hydrogen-bond acceptors (Lipinski definition) is 13. The van der Waals surface area contributed by atoms with Crippen LogP contribution in [-0.2, 0) is 10.0 Å². The van der Waals surface area contributed by atoms with E-state index in [0.717, 1.165) is 101 Å². The van der Waals surface area contributed by atoms with Crippen molar-refractivity contribution < 1.29 is 32.3 Å². The van der Waals surface area contributed by atoms with Gasteiger partial charge in [0, 0.05) is 73.7 Å². The number of likely N-dealkylation sites (tertiary alicyclic amines) is 2. The molecule has 0 unspecified atom stereocenters. The predicted molar refractivity (Wildman–Crippen MR) is 286 cm³/mol. The molecule has 3 aromatic carbocycles. The maximum absolute atomic E-state index is 14.5. The Bertz CT molecular complexity index is 3020. The number of ether oxygens (including phenoxy) is 3. The van der Waals surface area contributed by atoms with E-state index in [1.165, 1.54) is 42.9 Å². The highest BCUT2D eigenvalue weighted by atomic mass is 32.2. The molecule has 394 valence electrons. The molecule has 1 amide bonds. The van der Waals surface area contributed by atoms with Crippen molar-refractivity contribution >= 4 is 44.0 Å². The van der Waals surface area contributed by atoms with Crippen LogP contribution in [0.5, 0.6) is 23.1 Å². The Morgan fingerprint density at radius 3 is 2.42 bits per heavy atom. The monoisotopic (exact) mass is 1030 g/mol. The number of rotatable bonds is 13. The Morgan fingerprint density at radius 1 is 0.919 bits per heavy atom.